The minimum atomic E-state index is -0.278. The maximum absolute atomic E-state index is 13.4. The van der Waals surface area contributed by atoms with Crippen molar-refractivity contribution in [3.63, 3.8) is 0 Å². The van der Waals surface area contributed by atoms with E-state index in [4.69, 9.17) is 0 Å². The number of benzene rings is 1. The first-order chi connectivity index (χ1) is 8.13. The standard InChI is InChI=1S/C13H14FNO2/c1-8(13(16)17-2)6-9-7-15-12-10(9)4-3-5-11(12)14/h3-5,7-8,15H,6H2,1-2H3. The third kappa shape index (κ3) is 2.16. The summed E-state index contributed by atoms with van der Waals surface area (Å²) >= 11 is 0. The summed E-state index contributed by atoms with van der Waals surface area (Å²) in [5, 5.41) is 0.820. The smallest absolute Gasteiger partial charge is 0.308 e. The summed E-state index contributed by atoms with van der Waals surface area (Å²) in [6.07, 6.45) is 2.28. The number of hydrogen-bond acceptors (Lipinski definition) is 2. The zero-order chi connectivity index (χ0) is 12.4. The van der Waals surface area contributed by atoms with Gasteiger partial charge in [-0.3, -0.25) is 4.79 Å². The number of carbonyl (C=O) groups excluding carboxylic acids is 1. The summed E-state index contributed by atoms with van der Waals surface area (Å²) in [7, 11) is 1.37. The Hall–Kier alpha value is -1.84. The van der Waals surface area contributed by atoms with Crippen LogP contribution in [-0.4, -0.2) is 18.1 Å². The highest BCUT2D eigenvalue weighted by Gasteiger charge is 2.16. The average molecular weight is 235 g/mol. The van der Waals surface area contributed by atoms with Crippen molar-refractivity contribution in [2.75, 3.05) is 7.11 Å². The fraction of sp³-hybridized carbons (Fsp3) is 0.308. The molecule has 0 saturated carbocycles. The van der Waals surface area contributed by atoms with Gasteiger partial charge in [-0.15, -0.1) is 0 Å². The molecule has 2 rings (SSSR count). The van der Waals surface area contributed by atoms with Crippen molar-refractivity contribution >= 4 is 16.9 Å². The molecule has 1 heterocycles. The second-order valence-electron chi connectivity index (χ2n) is 4.10. The summed E-state index contributed by atoms with van der Waals surface area (Å²) in [6.45, 7) is 1.80. The molecule has 4 heteroatoms. The molecule has 0 aliphatic carbocycles. The predicted molar refractivity (Wildman–Crippen MR) is 63.1 cm³/mol. The molecule has 2 aromatic rings. The Bertz CT molecular complexity index is 547. The van der Waals surface area contributed by atoms with Gasteiger partial charge in [0.25, 0.3) is 0 Å². The normalized spacial score (nSPS) is 12.6. The highest BCUT2D eigenvalue weighted by molar-refractivity contribution is 5.84. The Labute approximate surface area is 98.6 Å². The highest BCUT2D eigenvalue weighted by atomic mass is 19.1. The van der Waals surface area contributed by atoms with E-state index in [-0.39, 0.29) is 17.7 Å². The van der Waals surface area contributed by atoms with E-state index in [1.807, 2.05) is 6.07 Å². The Morgan fingerprint density at radius 3 is 3.00 bits per heavy atom. The van der Waals surface area contributed by atoms with Gasteiger partial charge in [0.05, 0.1) is 18.5 Å². The topological polar surface area (TPSA) is 42.1 Å². The van der Waals surface area contributed by atoms with Crippen LogP contribution in [0.2, 0.25) is 0 Å². The number of ether oxygens (including phenoxy) is 1. The van der Waals surface area contributed by atoms with Gasteiger partial charge in [0.15, 0.2) is 0 Å². The number of hydrogen-bond donors (Lipinski definition) is 1. The van der Waals surface area contributed by atoms with E-state index in [1.54, 1.807) is 19.2 Å². The molecule has 0 amide bonds. The number of nitrogens with one attached hydrogen (secondary N) is 1. The molecule has 1 unspecified atom stereocenters. The Morgan fingerprint density at radius 2 is 2.29 bits per heavy atom. The van der Waals surface area contributed by atoms with Crippen molar-refractivity contribution in [3.05, 3.63) is 35.8 Å². The van der Waals surface area contributed by atoms with Gasteiger partial charge < -0.3 is 9.72 Å². The monoisotopic (exact) mass is 235 g/mol. The Kier molecular flexibility index (Phi) is 3.13. The number of rotatable bonds is 3. The van der Waals surface area contributed by atoms with Crippen molar-refractivity contribution in [2.45, 2.75) is 13.3 Å². The molecule has 1 aromatic carbocycles. The molecule has 0 saturated heterocycles. The zero-order valence-corrected chi connectivity index (χ0v) is 9.79. The Morgan fingerprint density at radius 1 is 1.53 bits per heavy atom. The van der Waals surface area contributed by atoms with Crippen LogP contribution in [0.4, 0.5) is 4.39 Å². The third-order valence-corrected chi connectivity index (χ3v) is 2.88. The van der Waals surface area contributed by atoms with Crippen LogP contribution in [0.1, 0.15) is 12.5 Å². The molecular weight excluding hydrogens is 221 g/mol. The van der Waals surface area contributed by atoms with Crippen LogP contribution >= 0.6 is 0 Å². The predicted octanol–water partition coefficient (Wildman–Crippen LogP) is 2.66. The molecule has 0 fully saturated rings. The van der Waals surface area contributed by atoms with E-state index in [0.29, 0.717) is 11.9 Å². The van der Waals surface area contributed by atoms with Gasteiger partial charge in [-0.05, 0) is 18.1 Å². The highest BCUT2D eigenvalue weighted by Crippen LogP contribution is 2.23. The van der Waals surface area contributed by atoms with E-state index in [1.165, 1.54) is 13.2 Å². The van der Waals surface area contributed by atoms with Crippen molar-refractivity contribution in [2.24, 2.45) is 5.92 Å². The van der Waals surface area contributed by atoms with Crippen molar-refractivity contribution in [1.82, 2.24) is 4.98 Å². The summed E-state index contributed by atoms with van der Waals surface area (Å²) in [4.78, 5) is 14.2. The minimum Gasteiger partial charge on any atom is -0.469 e. The molecule has 17 heavy (non-hydrogen) atoms. The molecule has 0 bridgehead atoms. The van der Waals surface area contributed by atoms with E-state index in [2.05, 4.69) is 9.72 Å². The molecule has 90 valence electrons. The molecular formula is C13H14FNO2. The number of para-hydroxylation sites is 1. The van der Waals surface area contributed by atoms with E-state index < -0.39 is 0 Å². The van der Waals surface area contributed by atoms with E-state index in [9.17, 15) is 9.18 Å². The maximum atomic E-state index is 13.4. The van der Waals surface area contributed by atoms with Gasteiger partial charge in [-0.1, -0.05) is 19.1 Å². The van der Waals surface area contributed by atoms with Crippen LogP contribution in [0.25, 0.3) is 10.9 Å². The molecule has 3 nitrogen and oxygen atoms in total. The number of halogens is 1. The van der Waals surface area contributed by atoms with Gasteiger partial charge in [-0.2, -0.15) is 0 Å². The van der Waals surface area contributed by atoms with Crippen molar-refractivity contribution in [1.29, 1.82) is 0 Å². The van der Waals surface area contributed by atoms with Gasteiger partial charge in [0.2, 0.25) is 0 Å². The lowest BCUT2D eigenvalue weighted by Crippen LogP contribution is -2.14. The maximum Gasteiger partial charge on any atom is 0.308 e. The fourth-order valence-electron chi connectivity index (χ4n) is 1.96. The van der Waals surface area contributed by atoms with Crippen molar-refractivity contribution < 1.29 is 13.9 Å². The fourth-order valence-corrected chi connectivity index (χ4v) is 1.96. The van der Waals surface area contributed by atoms with Gasteiger partial charge in [-0.25, -0.2) is 4.39 Å². The third-order valence-electron chi connectivity index (χ3n) is 2.88. The molecule has 1 atom stereocenters. The molecule has 0 aliphatic heterocycles. The molecule has 0 spiro atoms. The lowest BCUT2D eigenvalue weighted by Gasteiger charge is -2.07. The number of esters is 1. The Balaban J connectivity index is 2.31. The van der Waals surface area contributed by atoms with Crippen LogP contribution in [0, 0.1) is 11.7 Å². The van der Waals surface area contributed by atoms with E-state index >= 15 is 0 Å². The van der Waals surface area contributed by atoms with Gasteiger partial charge in [0.1, 0.15) is 5.82 Å². The van der Waals surface area contributed by atoms with Crippen molar-refractivity contribution in [3.8, 4) is 0 Å². The first-order valence-electron chi connectivity index (χ1n) is 5.45. The van der Waals surface area contributed by atoms with Crippen LogP contribution < -0.4 is 0 Å². The molecule has 1 N–H and O–H groups in total. The number of carbonyl (C=O) groups is 1. The van der Waals surface area contributed by atoms with Gasteiger partial charge in [0, 0.05) is 11.6 Å². The lowest BCUT2D eigenvalue weighted by molar-refractivity contribution is -0.144. The van der Waals surface area contributed by atoms with Crippen LogP contribution in [0.15, 0.2) is 24.4 Å². The summed E-state index contributed by atoms with van der Waals surface area (Å²) in [5.41, 5.74) is 1.41. The van der Waals surface area contributed by atoms with Crippen LogP contribution in [0.3, 0.4) is 0 Å². The molecule has 0 radical (unpaired) electrons. The van der Waals surface area contributed by atoms with Crippen LogP contribution in [-0.2, 0) is 16.0 Å². The number of methoxy groups -OCH3 is 1. The average Bonchev–Trinajstić information content (AvgIpc) is 2.73. The zero-order valence-electron chi connectivity index (χ0n) is 9.79. The molecule has 0 aliphatic rings. The SMILES string of the molecule is COC(=O)C(C)Cc1c[nH]c2c(F)cccc12. The first kappa shape index (κ1) is 11.6. The lowest BCUT2D eigenvalue weighted by atomic mass is 10.0. The number of aromatic amines is 1. The number of fused-ring (bicyclic) bond motifs is 1. The minimum absolute atomic E-state index is 0.234. The van der Waals surface area contributed by atoms with Crippen LogP contribution in [0.5, 0.6) is 0 Å². The second kappa shape index (κ2) is 4.57. The summed E-state index contributed by atoms with van der Waals surface area (Å²) in [6, 6.07) is 4.92. The number of aromatic nitrogens is 1. The summed E-state index contributed by atoms with van der Waals surface area (Å²) in [5.74, 6) is -0.766. The largest absolute Gasteiger partial charge is 0.469 e. The second-order valence-corrected chi connectivity index (χ2v) is 4.10. The molecule has 1 aromatic heterocycles. The number of H-pyrrole nitrogens is 1. The summed E-state index contributed by atoms with van der Waals surface area (Å²) < 4.78 is 18.1. The quantitative estimate of drug-likeness (QED) is 0.831. The van der Waals surface area contributed by atoms with Gasteiger partial charge >= 0.3 is 5.97 Å². The first-order valence-corrected chi connectivity index (χ1v) is 5.45. The van der Waals surface area contributed by atoms with E-state index in [0.717, 1.165) is 10.9 Å².